The molecule has 3 heteroatoms. The topological polar surface area (TPSA) is 29.5 Å². The Bertz CT molecular complexity index is 612. The first-order valence-electron chi connectivity index (χ1n) is 6.35. The Morgan fingerprint density at radius 2 is 1.90 bits per heavy atom. The van der Waals surface area contributed by atoms with E-state index in [1.165, 1.54) is 12.1 Å². The van der Waals surface area contributed by atoms with Gasteiger partial charge >= 0.3 is 0 Å². The molecular formula is C17H15FO2. The maximum atomic E-state index is 13.3. The van der Waals surface area contributed by atoms with Gasteiger partial charge in [-0.15, -0.1) is 0 Å². The number of rotatable bonds is 4. The van der Waals surface area contributed by atoms with Crippen LogP contribution in [0.3, 0.4) is 0 Å². The van der Waals surface area contributed by atoms with Gasteiger partial charge in [0.1, 0.15) is 18.2 Å². The Kier molecular flexibility index (Phi) is 5.16. The van der Waals surface area contributed by atoms with E-state index in [0.29, 0.717) is 24.3 Å². The largest absolute Gasteiger partial charge is 0.487 e. The van der Waals surface area contributed by atoms with E-state index in [1.807, 2.05) is 30.3 Å². The molecule has 0 unspecified atom stereocenters. The van der Waals surface area contributed by atoms with Gasteiger partial charge in [0.15, 0.2) is 0 Å². The number of benzene rings is 2. The van der Waals surface area contributed by atoms with Crippen molar-refractivity contribution >= 4 is 0 Å². The molecule has 2 aromatic rings. The smallest absolute Gasteiger partial charge is 0.138 e. The molecule has 0 saturated heterocycles. The second-order valence-electron chi connectivity index (χ2n) is 4.19. The Hall–Kier alpha value is -2.31. The summed E-state index contributed by atoms with van der Waals surface area (Å²) in [6.45, 7) is 0.368. The SMILES string of the molecule is OCCC#Cc1ccc(F)cc1OCc1ccccc1. The van der Waals surface area contributed by atoms with Crippen LogP contribution in [0.2, 0.25) is 0 Å². The summed E-state index contributed by atoms with van der Waals surface area (Å²) in [6, 6.07) is 13.9. The van der Waals surface area contributed by atoms with Crippen LogP contribution in [0.25, 0.3) is 0 Å². The van der Waals surface area contributed by atoms with Gasteiger partial charge in [0.05, 0.1) is 12.2 Å². The maximum absolute atomic E-state index is 13.3. The van der Waals surface area contributed by atoms with Crippen LogP contribution in [-0.2, 0) is 6.61 Å². The monoisotopic (exact) mass is 270 g/mol. The highest BCUT2D eigenvalue weighted by atomic mass is 19.1. The molecule has 0 amide bonds. The summed E-state index contributed by atoms with van der Waals surface area (Å²) in [5.41, 5.74) is 1.63. The van der Waals surface area contributed by atoms with Crippen LogP contribution >= 0.6 is 0 Å². The summed E-state index contributed by atoms with van der Waals surface area (Å²) in [6.07, 6.45) is 0.384. The molecule has 102 valence electrons. The quantitative estimate of drug-likeness (QED) is 0.865. The standard InChI is InChI=1S/C17H15FO2/c18-16-10-9-15(8-4-5-11-19)17(12-16)20-13-14-6-2-1-3-7-14/h1-3,6-7,9-10,12,19H,5,11,13H2. The van der Waals surface area contributed by atoms with Crippen LogP contribution < -0.4 is 4.74 Å². The highest BCUT2D eigenvalue weighted by Crippen LogP contribution is 2.20. The van der Waals surface area contributed by atoms with Gasteiger partial charge < -0.3 is 9.84 Å². The number of aliphatic hydroxyl groups excluding tert-OH is 1. The van der Waals surface area contributed by atoms with Crippen molar-refractivity contribution < 1.29 is 14.2 Å². The molecule has 0 spiro atoms. The molecule has 0 saturated carbocycles. The van der Waals surface area contributed by atoms with Gasteiger partial charge in [-0.2, -0.15) is 0 Å². The van der Waals surface area contributed by atoms with Crippen molar-refractivity contribution in [3.8, 4) is 17.6 Å². The molecule has 0 heterocycles. The van der Waals surface area contributed by atoms with Crippen molar-refractivity contribution in [2.24, 2.45) is 0 Å². The Morgan fingerprint density at radius 1 is 1.10 bits per heavy atom. The summed E-state index contributed by atoms with van der Waals surface area (Å²) < 4.78 is 18.9. The number of aliphatic hydroxyl groups is 1. The lowest BCUT2D eigenvalue weighted by molar-refractivity contribution is 0.303. The minimum Gasteiger partial charge on any atom is -0.487 e. The van der Waals surface area contributed by atoms with Gasteiger partial charge in [-0.3, -0.25) is 0 Å². The second kappa shape index (κ2) is 7.32. The lowest BCUT2D eigenvalue weighted by Crippen LogP contribution is -1.97. The van der Waals surface area contributed by atoms with Crippen LogP contribution in [0.15, 0.2) is 48.5 Å². The molecule has 2 nitrogen and oxygen atoms in total. The van der Waals surface area contributed by atoms with E-state index in [4.69, 9.17) is 9.84 Å². The van der Waals surface area contributed by atoms with Gasteiger partial charge in [0, 0.05) is 12.5 Å². The average Bonchev–Trinajstić information content (AvgIpc) is 2.48. The van der Waals surface area contributed by atoms with Crippen molar-refractivity contribution in [2.75, 3.05) is 6.61 Å². The van der Waals surface area contributed by atoms with Gasteiger partial charge in [0.2, 0.25) is 0 Å². The number of hydrogen-bond donors (Lipinski definition) is 1. The molecule has 0 fully saturated rings. The van der Waals surface area contributed by atoms with E-state index < -0.39 is 0 Å². The minimum absolute atomic E-state index is 0.00833. The molecule has 2 rings (SSSR count). The lowest BCUT2D eigenvalue weighted by atomic mass is 10.2. The van der Waals surface area contributed by atoms with E-state index in [-0.39, 0.29) is 12.4 Å². The first-order chi connectivity index (χ1) is 9.79. The van der Waals surface area contributed by atoms with E-state index in [2.05, 4.69) is 11.8 Å². The highest BCUT2D eigenvalue weighted by molar-refractivity contribution is 5.46. The van der Waals surface area contributed by atoms with E-state index in [0.717, 1.165) is 5.56 Å². The molecular weight excluding hydrogens is 255 g/mol. The summed E-state index contributed by atoms with van der Waals surface area (Å²) in [5.74, 6) is 5.74. The van der Waals surface area contributed by atoms with Gasteiger partial charge in [-0.05, 0) is 17.7 Å². The van der Waals surface area contributed by atoms with E-state index >= 15 is 0 Å². The fourth-order valence-corrected chi connectivity index (χ4v) is 1.67. The van der Waals surface area contributed by atoms with Crippen LogP contribution in [-0.4, -0.2) is 11.7 Å². The van der Waals surface area contributed by atoms with Crippen molar-refractivity contribution in [3.63, 3.8) is 0 Å². The third kappa shape index (κ3) is 4.11. The van der Waals surface area contributed by atoms with Crippen LogP contribution in [0.1, 0.15) is 17.5 Å². The molecule has 0 bridgehead atoms. The molecule has 0 aromatic heterocycles. The molecule has 0 aliphatic rings. The van der Waals surface area contributed by atoms with Crippen LogP contribution in [0.4, 0.5) is 4.39 Å². The molecule has 20 heavy (non-hydrogen) atoms. The number of ether oxygens (including phenoxy) is 1. The van der Waals surface area contributed by atoms with Crippen LogP contribution in [0.5, 0.6) is 5.75 Å². The van der Waals surface area contributed by atoms with Crippen molar-refractivity contribution in [1.29, 1.82) is 0 Å². The zero-order chi connectivity index (χ0) is 14.2. The second-order valence-corrected chi connectivity index (χ2v) is 4.19. The Morgan fingerprint density at radius 3 is 2.65 bits per heavy atom. The molecule has 0 atom stereocenters. The van der Waals surface area contributed by atoms with E-state index in [1.54, 1.807) is 6.07 Å². The fraction of sp³-hybridized carbons (Fsp3) is 0.176. The summed E-state index contributed by atoms with van der Waals surface area (Å²) in [5, 5.41) is 8.72. The first-order valence-corrected chi connectivity index (χ1v) is 6.35. The average molecular weight is 270 g/mol. The zero-order valence-corrected chi connectivity index (χ0v) is 11.0. The first kappa shape index (κ1) is 14.1. The van der Waals surface area contributed by atoms with Gasteiger partial charge in [-0.25, -0.2) is 4.39 Å². The van der Waals surface area contributed by atoms with Crippen LogP contribution in [0, 0.1) is 17.7 Å². The van der Waals surface area contributed by atoms with Gasteiger partial charge in [0.25, 0.3) is 0 Å². The molecule has 0 radical (unpaired) electrons. The normalized spacial score (nSPS) is 9.70. The zero-order valence-electron chi connectivity index (χ0n) is 11.0. The van der Waals surface area contributed by atoms with Gasteiger partial charge in [-0.1, -0.05) is 42.2 Å². The molecule has 0 aliphatic carbocycles. The maximum Gasteiger partial charge on any atom is 0.138 e. The number of hydrogen-bond acceptors (Lipinski definition) is 2. The van der Waals surface area contributed by atoms with Crippen molar-refractivity contribution in [3.05, 3.63) is 65.5 Å². The summed E-state index contributed by atoms with van der Waals surface area (Å²) in [4.78, 5) is 0. The van der Waals surface area contributed by atoms with Crippen molar-refractivity contribution in [2.45, 2.75) is 13.0 Å². The van der Waals surface area contributed by atoms with E-state index in [9.17, 15) is 4.39 Å². The summed E-state index contributed by atoms with van der Waals surface area (Å²) >= 11 is 0. The van der Waals surface area contributed by atoms with Crippen molar-refractivity contribution in [1.82, 2.24) is 0 Å². The molecule has 1 N–H and O–H groups in total. The lowest BCUT2D eigenvalue weighted by Gasteiger charge is -2.08. The predicted molar refractivity (Wildman–Crippen MR) is 75.8 cm³/mol. The predicted octanol–water partition coefficient (Wildman–Crippen LogP) is 3.14. The fourth-order valence-electron chi connectivity index (χ4n) is 1.67. The number of halogens is 1. The third-order valence-corrected chi connectivity index (χ3v) is 2.64. The highest BCUT2D eigenvalue weighted by Gasteiger charge is 2.04. The molecule has 2 aromatic carbocycles. The Balaban J connectivity index is 2.13. The summed E-state index contributed by atoms with van der Waals surface area (Å²) in [7, 11) is 0. The minimum atomic E-state index is -0.360. The molecule has 0 aliphatic heterocycles. The third-order valence-electron chi connectivity index (χ3n) is 2.64. The Labute approximate surface area is 117 Å².